The average molecular weight is 369 g/mol. The van der Waals surface area contributed by atoms with Crippen LogP contribution >= 0.6 is 0 Å². The second-order valence-electron chi connectivity index (χ2n) is 7.21. The van der Waals surface area contributed by atoms with E-state index in [0.717, 1.165) is 25.7 Å². The van der Waals surface area contributed by atoms with E-state index >= 15 is 0 Å². The average Bonchev–Trinajstić information content (AvgIpc) is 3.25. The van der Waals surface area contributed by atoms with E-state index in [2.05, 4.69) is 24.5 Å². The van der Waals surface area contributed by atoms with Crippen molar-refractivity contribution in [3.05, 3.63) is 0 Å². The zero-order valence-electron chi connectivity index (χ0n) is 17.6. The minimum Gasteiger partial charge on any atom is -0.356 e. The lowest BCUT2D eigenvalue weighted by Crippen LogP contribution is -2.41. The molecule has 5 nitrogen and oxygen atoms in total. The summed E-state index contributed by atoms with van der Waals surface area (Å²) in [5.74, 6) is 1.73. The molecule has 2 aliphatic rings. The van der Waals surface area contributed by atoms with Crippen LogP contribution in [0.3, 0.4) is 0 Å². The molecule has 26 heavy (non-hydrogen) atoms. The number of hydrogen-bond donors (Lipinski definition) is 2. The number of nitrogens with one attached hydrogen (secondary N) is 2. The molecule has 5 unspecified atom stereocenters. The van der Waals surface area contributed by atoms with Gasteiger partial charge in [0.15, 0.2) is 0 Å². The third-order valence-electron chi connectivity index (χ3n) is 5.49. The maximum Gasteiger partial charge on any atom is 0.223 e. The van der Waals surface area contributed by atoms with E-state index in [9.17, 15) is 9.59 Å². The third-order valence-corrected chi connectivity index (χ3v) is 5.49. The highest BCUT2D eigenvalue weighted by Gasteiger charge is 2.34. The molecule has 1 aliphatic heterocycles. The third kappa shape index (κ3) is 7.88. The molecule has 2 rings (SSSR count). The number of aldehydes is 1. The van der Waals surface area contributed by atoms with Crippen molar-refractivity contribution in [1.82, 2.24) is 10.6 Å². The van der Waals surface area contributed by atoms with Crippen molar-refractivity contribution in [3.8, 4) is 0 Å². The minimum atomic E-state index is 0.0745. The lowest BCUT2D eigenvalue weighted by molar-refractivity contribution is -0.128. The van der Waals surface area contributed by atoms with Crippen LogP contribution in [0.5, 0.6) is 0 Å². The molecule has 2 fully saturated rings. The van der Waals surface area contributed by atoms with E-state index in [1.54, 1.807) is 0 Å². The molecular weight excluding hydrogens is 328 g/mol. The van der Waals surface area contributed by atoms with Crippen molar-refractivity contribution >= 4 is 18.1 Å². The van der Waals surface area contributed by atoms with Crippen LogP contribution in [0.4, 0.5) is 0 Å². The molecule has 152 valence electrons. The van der Waals surface area contributed by atoms with Crippen molar-refractivity contribution in [2.45, 2.75) is 86.1 Å². The fraction of sp³-hybridized carbons (Fsp3) is 0.857. The summed E-state index contributed by atoms with van der Waals surface area (Å²) in [6, 6.07) is 0.0790. The van der Waals surface area contributed by atoms with Crippen molar-refractivity contribution in [2.24, 2.45) is 23.7 Å². The molecule has 0 radical (unpaired) electrons. The first-order chi connectivity index (χ1) is 12.4. The highest BCUT2D eigenvalue weighted by molar-refractivity contribution is 5.81. The fourth-order valence-electron chi connectivity index (χ4n) is 4.15. The van der Waals surface area contributed by atoms with E-state index < -0.39 is 0 Å². The predicted octanol–water partition coefficient (Wildman–Crippen LogP) is 3.71. The molecule has 1 heterocycles. The van der Waals surface area contributed by atoms with Crippen LogP contribution in [0.25, 0.3) is 0 Å². The Kier molecular flexibility index (Phi) is 13.0. The van der Waals surface area contributed by atoms with Gasteiger partial charge in [0, 0.05) is 24.4 Å². The molecule has 0 spiro atoms. The van der Waals surface area contributed by atoms with Crippen LogP contribution in [0, 0.1) is 23.7 Å². The molecule has 0 bridgehead atoms. The quantitative estimate of drug-likeness (QED) is 0.702. The Hall–Kier alpha value is -1.39. The second-order valence-corrected chi connectivity index (χ2v) is 7.21. The van der Waals surface area contributed by atoms with E-state index in [1.807, 2.05) is 20.8 Å². The standard InChI is InChI=1S/C17H30N2O2.C2H4O.C2H6/c1-4-13-6-5-7-15(13)12(3)16(20)19-11(2)10-14-8-9-18-17(14)21;1-2-3;1-2/h11-15H,4-10H2,1-3H3,(H,18,21)(H,19,20);2H,1H3;1-2H3. The van der Waals surface area contributed by atoms with E-state index in [0.29, 0.717) is 11.8 Å². The molecule has 0 aromatic rings. The van der Waals surface area contributed by atoms with Gasteiger partial charge in [0.05, 0.1) is 0 Å². The summed E-state index contributed by atoms with van der Waals surface area (Å²) in [7, 11) is 0. The van der Waals surface area contributed by atoms with Crippen molar-refractivity contribution in [2.75, 3.05) is 6.54 Å². The molecule has 2 amide bonds. The Labute approximate surface area is 160 Å². The molecule has 5 atom stereocenters. The Bertz CT molecular complexity index is 425. The van der Waals surface area contributed by atoms with E-state index in [4.69, 9.17) is 4.79 Å². The van der Waals surface area contributed by atoms with Gasteiger partial charge in [0.2, 0.25) is 11.8 Å². The van der Waals surface area contributed by atoms with E-state index in [-0.39, 0.29) is 29.7 Å². The summed E-state index contributed by atoms with van der Waals surface area (Å²) >= 11 is 0. The Morgan fingerprint density at radius 3 is 2.38 bits per heavy atom. The van der Waals surface area contributed by atoms with Crippen molar-refractivity contribution in [1.29, 1.82) is 0 Å². The smallest absolute Gasteiger partial charge is 0.223 e. The molecule has 1 aliphatic carbocycles. The molecule has 0 aromatic carbocycles. The summed E-state index contributed by atoms with van der Waals surface area (Å²) in [4.78, 5) is 32.8. The topological polar surface area (TPSA) is 75.3 Å². The van der Waals surface area contributed by atoms with Gasteiger partial charge in [-0.05, 0) is 44.9 Å². The zero-order valence-corrected chi connectivity index (χ0v) is 17.6. The fourth-order valence-corrected chi connectivity index (χ4v) is 4.15. The zero-order chi connectivity index (χ0) is 20.1. The molecule has 0 aromatic heterocycles. The van der Waals surface area contributed by atoms with Gasteiger partial charge < -0.3 is 15.4 Å². The maximum absolute atomic E-state index is 12.4. The van der Waals surface area contributed by atoms with Gasteiger partial charge in [-0.2, -0.15) is 0 Å². The summed E-state index contributed by atoms with van der Waals surface area (Å²) < 4.78 is 0. The van der Waals surface area contributed by atoms with E-state index in [1.165, 1.54) is 32.6 Å². The normalized spacial score (nSPS) is 26.4. The summed E-state index contributed by atoms with van der Waals surface area (Å²) in [5.41, 5.74) is 0. The van der Waals surface area contributed by atoms with Gasteiger partial charge in [0.25, 0.3) is 0 Å². The minimum absolute atomic E-state index is 0.0745. The van der Waals surface area contributed by atoms with Crippen molar-refractivity contribution < 1.29 is 14.4 Å². The van der Waals surface area contributed by atoms with Gasteiger partial charge in [-0.3, -0.25) is 9.59 Å². The van der Waals surface area contributed by atoms with Gasteiger partial charge in [-0.15, -0.1) is 0 Å². The number of amides is 2. The predicted molar refractivity (Wildman–Crippen MR) is 107 cm³/mol. The highest BCUT2D eigenvalue weighted by atomic mass is 16.2. The first-order valence-electron chi connectivity index (χ1n) is 10.4. The highest BCUT2D eigenvalue weighted by Crippen LogP contribution is 2.38. The van der Waals surface area contributed by atoms with Crippen LogP contribution < -0.4 is 10.6 Å². The lowest BCUT2D eigenvalue weighted by atomic mass is 9.83. The number of hydrogen-bond acceptors (Lipinski definition) is 3. The van der Waals surface area contributed by atoms with Crippen LogP contribution in [-0.2, 0) is 14.4 Å². The summed E-state index contributed by atoms with van der Waals surface area (Å²) in [5, 5.41) is 5.99. The Morgan fingerprint density at radius 2 is 1.88 bits per heavy atom. The Morgan fingerprint density at radius 1 is 1.27 bits per heavy atom. The van der Waals surface area contributed by atoms with Crippen LogP contribution in [-0.4, -0.2) is 30.7 Å². The number of carbonyl (C=O) groups is 3. The molecule has 5 heteroatoms. The Balaban J connectivity index is 0.00000113. The van der Waals surface area contributed by atoms with Crippen molar-refractivity contribution in [3.63, 3.8) is 0 Å². The molecule has 1 saturated carbocycles. The summed E-state index contributed by atoms with van der Waals surface area (Å²) in [6.07, 6.45) is 7.31. The molecule has 2 N–H and O–H groups in total. The summed E-state index contributed by atoms with van der Waals surface area (Å²) in [6.45, 7) is 12.5. The van der Waals surface area contributed by atoms with Gasteiger partial charge in [-0.25, -0.2) is 0 Å². The monoisotopic (exact) mass is 368 g/mol. The number of carbonyl (C=O) groups excluding carboxylic acids is 3. The van der Waals surface area contributed by atoms with Gasteiger partial charge in [0.1, 0.15) is 6.29 Å². The van der Waals surface area contributed by atoms with Gasteiger partial charge in [-0.1, -0.05) is 47.0 Å². The van der Waals surface area contributed by atoms with Crippen LogP contribution in [0.1, 0.15) is 80.1 Å². The van der Waals surface area contributed by atoms with Gasteiger partial charge >= 0.3 is 0 Å². The number of rotatable bonds is 6. The molecule has 1 saturated heterocycles. The van der Waals surface area contributed by atoms with Crippen LogP contribution in [0.2, 0.25) is 0 Å². The maximum atomic E-state index is 12.4. The lowest BCUT2D eigenvalue weighted by Gasteiger charge is -2.26. The first-order valence-corrected chi connectivity index (χ1v) is 10.4. The SMILES string of the molecule is CC.CC=O.CCC1CCCC1C(C)C(=O)NC(C)CC1CCNC1=O. The first kappa shape index (κ1) is 24.6. The largest absolute Gasteiger partial charge is 0.356 e. The molecular formula is C21H40N2O3. The van der Waals surface area contributed by atoms with Crippen LogP contribution in [0.15, 0.2) is 0 Å². The second kappa shape index (κ2) is 13.8.